The average molecular weight is 204 g/mol. The molecule has 0 unspecified atom stereocenters. The zero-order valence-electron chi connectivity index (χ0n) is 7.31. The Bertz CT molecular complexity index is 450. The van der Waals surface area contributed by atoms with E-state index in [4.69, 9.17) is 5.73 Å². The van der Waals surface area contributed by atoms with Crippen LogP contribution in [-0.4, -0.2) is 10.9 Å². The molecule has 0 spiro atoms. The number of hydrogen-bond acceptors (Lipinski definition) is 3. The first kappa shape index (κ1) is 8.90. The summed E-state index contributed by atoms with van der Waals surface area (Å²) in [7, 11) is 0. The number of carbonyl (C=O) groups is 1. The molecule has 2 aromatic heterocycles. The van der Waals surface area contributed by atoms with Crippen LogP contribution in [-0.2, 0) is 0 Å². The number of hydrogen-bond donors (Lipinski definition) is 1. The van der Waals surface area contributed by atoms with Crippen LogP contribution in [0.1, 0.15) is 9.67 Å². The molecule has 0 saturated heterocycles. The van der Waals surface area contributed by atoms with Gasteiger partial charge in [0.25, 0.3) is 5.91 Å². The molecule has 0 aliphatic heterocycles. The summed E-state index contributed by atoms with van der Waals surface area (Å²) in [6.07, 6.45) is 1.72. The van der Waals surface area contributed by atoms with Gasteiger partial charge in [-0.3, -0.25) is 9.78 Å². The molecule has 4 heteroatoms. The third-order valence-electron chi connectivity index (χ3n) is 1.80. The monoisotopic (exact) mass is 204 g/mol. The molecular weight excluding hydrogens is 196 g/mol. The maximum Gasteiger partial charge on any atom is 0.258 e. The van der Waals surface area contributed by atoms with E-state index in [9.17, 15) is 4.79 Å². The summed E-state index contributed by atoms with van der Waals surface area (Å²) in [5.74, 6) is -0.391. The van der Waals surface area contributed by atoms with Crippen LogP contribution < -0.4 is 5.73 Å². The standard InChI is InChI=1S/C10H8N2OS/c11-10(13)9-5-7(6-14-9)8-3-1-2-4-12-8/h1-6H,(H2,11,13). The maximum absolute atomic E-state index is 10.9. The molecule has 1 amide bonds. The molecule has 3 nitrogen and oxygen atoms in total. The highest BCUT2D eigenvalue weighted by Crippen LogP contribution is 2.23. The number of thiophene rings is 1. The maximum atomic E-state index is 10.9. The van der Waals surface area contributed by atoms with E-state index in [2.05, 4.69) is 4.98 Å². The Morgan fingerprint density at radius 2 is 2.29 bits per heavy atom. The lowest BCUT2D eigenvalue weighted by atomic mass is 10.2. The quantitative estimate of drug-likeness (QED) is 0.812. The van der Waals surface area contributed by atoms with Gasteiger partial charge in [0.15, 0.2) is 0 Å². The van der Waals surface area contributed by atoms with E-state index in [0.717, 1.165) is 11.3 Å². The van der Waals surface area contributed by atoms with Gasteiger partial charge in [0.2, 0.25) is 0 Å². The molecule has 2 heterocycles. The van der Waals surface area contributed by atoms with Crippen LogP contribution in [0.3, 0.4) is 0 Å². The van der Waals surface area contributed by atoms with Gasteiger partial charge in [-0.05, 0) is 18.2 Å². The summed E-state index contributed by atoms with van der Waals surface area (Å²) < 4.78 is 0. The lowest BCUT2D eigenvalue weighted by Gasteiger charge is -1.93. The van der Waals surface area contributed by atoms with Crippen LogP contribution >= 0.6 is 11.3 Å². The lowest BCUT2D eigenvalue weighted by Crippen LogP contribution is -2.08. The zero-order chi connectivity index (χ0) is 9.97. The number of aromatic nitrogens is 1. The van der Waals surface area contributed by atoms with Crippen LogP contribution in [0.15, 0.2) is 35.8 Å². The highest BCUT2D eigenvalue weighted by atomic mass is 32.1. The second-order valence-corrected chi connectivity index (χ2v) is 3.69. The average Bonchev–Trinajstić information content (AvgIpc) is 2.68. The number of nitrogens with two attached hydrogens (primary N) is 1. The third kappa shape index (κ3) is 1.65. The van der Waals surface area contributed by atoms with Gasteiger partial charge in [-0.25, -0.2) is 0 Å². The second kappa shape index (κ2) is 3.59. The number of carbonyl (C=O) groups excluding carboxylic acids is 1. The van der Waals surface area contributed by atoms with Gasteiger partial charge in [-0.1, -0.05) is 6.07 Å². The Hall–Kier alpha value is -1.68. The number of rotatable bonds is 2. The van der Waals surface area contributed by atoms with Gasteiger partial charge in [0, 0.05) is 17.1 Å². The minimum Gasteiger partial charge on any atom is -0.365 e. The number of amides is 1. The molecule has 0 saturated carbocycles. The van der Waals surface area contributed by atoms with Crippen molar-refractivity contribution in [3.63, 3.8) is 0 Å². The van der Waals surface area contributed by atoms with E-state index >= 15 is 0 Å². The number of nitrogens with zero attached hydrogens (tertiary/aromatic N) is 1. The third-order valence-corrected chi connectivity index (χ3v) is 2.75. The van der Waals surface area contributed by atoms with Gasteiger partial charge >= 0.3 is 0 Å². The molecule has 70 valence electrons. The van der Waals surface area contributed by atoms with E-state index in [-0.39, 0.29) is 0 Å². The minimum absolute atomic E-state index is 0.391. The summed E-state index contributed by atoms with van der Waals surface area (Å²) >= 11 is 1.34. The van der Waals surface area contributed by atoms with Crippen LogP contribution in [0, 0.1) is 0 Å². The van der Waals surface area contributed by atoms with Crippen molar-refractivity contribution < 1.29 is 4.79 Å². The Balaban J connectivity index is 2.39. The largest absolute Gasteiger partial charge is 0.365 e. The Morgan fingerprint density at radius 3 is 2.86 bits per heavy atom. The molecule has 2 rings (SSSR count). The zero-order valence-corrected chi connectivity index (χ0v) is 8.12. The van der Waals surface area contributed by atoms with Gasteiger partial charge in [0.1, 0.15) is 0 Å². The predicted molar refractivity (Wildman–Crippen MR) is 56.1 cm³/mol. The molecular formula is C10H8N2OS. The fraction of sp³-hybridized carbons (Fsp3) is 0. The van der Waals surface area contributed by atoms with E-state index < -0.39 is 5.91 Å². The summed E-state index contributed by atoms with van der Waals surface area (Å²) in [5.41, 5.74) is 6.95. The molecule has 0 bridgehead atoms. The van der Waals surface area contributed by atoms with Crippen molar-refractivity contribution in [1.82, 2.24) is 4.98 Å². The molecule has 0 aromatic carbocycles. The number of pyridine rings is 1. The lowest BCUT2D eigenvalue weighted by molar-refractivity contribution is 0.100. The summed E-state index contributed by atoms with van der Waals surface area (Å²) in [4.78, 5) is 15.6. The summed E-state index contributed by atoms with van der Waals surface area (Å²) in [5, 5.41) is 1.88. The first-order chi connectivity index (χ1) is 6.77. The molecule has 2 aromatic rings. The van der Waals surface area contributed by atoms with Crippen molar-refractivity contribution in [3.05, 3.63) is 40.7 Å². The van der Waals surface area contributed by atoms with Gasteiger partial charge in [-0.15, -0.1) is 11.3 Å². The Kier molecular flexibility index (Phi) is 2.28. The molecule has 0 aliphatic rings. The van der Waals surface area contributed by atoms with Crippen LogP contribution in [0.5, 0.6) is 0 Å². The van der Waals surface area contributed by atoms with Crippen LogP contribution in [0.25, 0.3) is 11.3 Å². The SMILES string of the molecule is NC(=O)c1cc(-c2ccccn2)cs1. The van der Waals surface area contributed by atoms with Crippen molar-refractivity contribution in [3.8, 4) is 11.3 Å². The van der Waals surface area contributed by atoms with E-state index in [0.29, 0.717) is 4.88 Å². The molecule has 0 radical (unpaired) electrons. The van der Waals surface area contributed by atoms with Crippen molar-refractivity contribution >= 4 is 17.2 Å². The number of primary amides is 1. The topological polar surface area (TPSA) is 56.0 Å². The first-order valence-corrected chi connectivity index (χ1v) is 4.95. The second-order valence-electron chi connectivity index (χ2n) is 2.78. The van der Waals surface area contributed by atoms with Crippen molar-refractivity contribution in [2.75, 3.05) is 0 Å². The van der Waals surface area contributed by atoms with Crippen molar-refractivity contribution in [2.45, 2.75) is 0 Å². The van der Waals surface area contributed by atoms with Crippen LogP contribution in [0.2, 0.25) is 0 Å². The summed E-state index contributed by atoms with van der Waals surface area (Å²) in [6, 6.07) is 7.41. The molecule has 2 N–H and O–H groups in total. The molecule has 0 fully saturated rings. The fourth-order valence-corrected chi connectivity index (χ4v) is 1.89. The molecule has 0 atom stereocenters. The van der Waals surface area contributed by atoms with Gasteiger partial charge in [-0.2, -0.15) is 0 Å². The highest BCUT2D eigenvalue weighted by Gasteiger charge is 2.06. The molecule has 0 aliphatic carbocycles. The minimum atomic E-state index is -0.391. The van der Waals surface area contributed by atoms with E-state index in [1.54, 1.807) is 12.3 Å². The fourth-order valence-electron chi connectivity index (χ4n) is 1.13. The van der Waals surface area contributed by atoms with Gasteiger partial charge < -0.3 is 5.73 Å². The van der Waals surface area contributed by atoms with E-state index in [1.165, 1.54) is 11.3 Å². The highest BCUT2D eigenvalue weighted by molar-refractivity contribution is 7.12. The van der Waals surface area contributed by atoms with Gasteiger partial charge in [0.05, 0.1) is 10.6 Å². The van der Waals surface area contributed by atoms with E-state index in [1.807, 2.05) is 23.6 Å². The van der Waals surface area contributed by atoms with Crippen molar-refractivity contribution in [1.29, 1.82) is 0 Å². The Morgan fingerprint density at radius 1 is 1.43 bits per heavy atom. The smallest absolute Gasteiger partial charge is 0.258 e. The normalized spacial score (nSPS) is 10.0. The first-order valence-electron chi connectivity index (χ1n) is 4.07. The summed E-state index contributed by atoms with van der Waals surface area (Å²) in [6.45, 7) is 0. The van der Waals surface area contributed by atoms with Crippen molar-refractivity contribution in [2.24, 2.45) is 5.73 Å². The predicted octanol–water partition coefficient (Wildman–Crippen LogP) is 1.91. The Labute approximate surface area is 85.2 Å². The molecule has 14 heavy (non-hydrogen) atoms. The van der Waals surface area contributed by atoms with Crippen LogP contribution in [0.4, 0.5) is 0 Å².